The van der Waals surface area contributed by atoms with Crippen LogP contribution in [-0.4, -0.2) is 33.0 Å². The van der Waals surface area contributed by atoms with E-state index in [-0.39, 0.29) is 51.6 Å². The van der Waals surface area contributed by atoms with Crippen LogP contribution in [-0.2, 0) is 18.6 Å². The first-order valence-electron chi connectivity index (χ1n) is 9.98. The molecule has 26 heavy (non-hydrogen) atoms. The summed E-state index contributed by atoms with van der Waals surface area (Å²) >= 11 is 0. The molecule has 0 amide bonds. The Bertz CT molecular complexity index is 96.5. The molecule has 0 heterocycles. The maximum absolute atomic E-state index is 9.53. The van der Waals surface area contributed by atoms with Crippen LogP contribution in [0.2, 0.25) is 0 Å². The smallest absolute Gasteiger partial charge is 0.854 e. The summed E-state index contributed by atoms with van der Waals surface area (Å²) in [5.41, 5.74) is 0. The zero-order chi connectivity index (χ0) is 20.6. The Morgan fingerprint density at radius 2 is 0.462 bits per heavy atom. The Balaban J connectivity index is -0.0000000476. The molecule has 0 atom stereocenters. The molecule has 0 fully saturated rings. The summed E-state index contributed by atoms with van der Waals surface area (Å²) in [5, 5.41) is 47.6. The second-order valence-corrected chi connectivity index (χ2v) is 5.29. The minimum Gasteiger partial charge on any atom is -0.854 e. The van der Waals surface area contributed by atoms with E-state index in [0.29, 0.717) is 0 Å². The van der Waals surface area contributed by atoms with Crippen LogP contribution in [0.1, 0.15) is 98.8 Å². The Kier molecular flexibility index (Phi) is 100. The Morgan fingerprint density at radius 3 is 0.462 bits per heavy atom. The minimum absolute atomic E-state index is 0. The van der Waals surface area contributed by atoms with Crippen LogP contribution in [0.3, 0.4) is 0 Å². The topological polar surface area (TPSA) is 115 Å². The zero-order valence-electron chi connectivity index (χ0n) is 18.1. The predicted octanol–water partition coefficient (Wildman–Crippen LogP) is 0.732. The van der Waals surface area contributed by atoms with Crippen LogP contribution in [0.4, 0.5) is 0 Å². The van der Waals surface area contributed by atoms with Gasteiger partial charge in [-0.3, -0.25) is 0 Å². The normalized spacial score (nSPS) is 8.08. The molecule has 160 valence electrons. The van der Waals surface area contributed by atoms with Crippen LogP contribution in [0.5, 0.6) is 0 Å². The van der Waals surface area contributed by atoms with Gasteiger partial charge in [-0.1, -0.05) is 98.8 Å². The second-order valence-electron chi connectivity index (χ2n) is 5.29. The number of unbranched alkanes of at least 4 members (excludes halogenated alkanes) is 5. The molecule has 0 aliphatic carbocycles. The van der Waals surface area contributed by atoms with E-state index in [1.165, 1.54) is 0 Å². The molecule has 0 unspecified atom stereocenters. The zero-order valence-corrected chi connectivity index (χ0v) is 19.5. The second kappa shape index (κ2) is 63.8. The number of rotatable bonds is 10. The summed E-state index contributed by atoms with van der Waals surface area (Å²) in [4.78, 5) is 0. The van der Waals surface area contributed by atoms with Gasteiger partial charge in [0.15, 0.2) is 0 Å². The summed E-state index contributed by atoms with van der Waals surface area (Å²) < 4.78 is 0. The molecule has 5 nitrogen and oxygen atoms in total. The number of hydrogen-bond acceptors (Lipinski definition) is 5. The maximum atomic E-state index is 9.53. The van der Waals surface area contributed by atoms with Gasteiger partial charge in [0.05, 0.1) is 0 Å². The van der Waals surface area contributed by atoms with Gasteiger partial charge in [-0.25, -0.2) is 0 Å². The van der Waals surface area contributed by atoms with E-state index in [1.54, 1.807) is 0 Å². The van der Waals surface area contributed by atoms with Crippen molar-refractivity contribution in [3.8, 4) is 0 Å². The van der Waals surface area contributed by atoms with E-state index in [2.05, 4.69) is 0 Å². The van der Waals surface area contributed by atoms with Crippen molar-refractivity contribution in [3.05, 3.63) is 0 Å². The van der Waals surface area contributed by atoms with Gasteiger partial charge in [0.2, 0.25) is 0 Å². The van der Waals surface area contributed by atoms with Gasteiger partial charge in [0, 0.05) is 0 Å². The maximum Gasteiger partial charge on any atom is 5.00 e. The molecule has 0 radical (unpaired) electrons. The van der Waals surface area contributed by atoms with Gasteiger partial charge in [0.1, 0.15) is 0 Å². The van der Waals surface area contributed by atoms with Gasteiger partial charge in [0.25, 0.3) is 0 Å². The van der Waals surface area contributed by atoms with Crippen LogP contribution in [0.15, 0.2) is 0 Å². The third-order valence-electron chi connectivity index (χ3n) is 2.49. The summed E-state index contributed by atoms with van der Waals surface area (Å²) in [6, 6.07) is 0. The van der Waals surface area contributed by atoms with E-state index >= 15 is 0 Å². The molecule has 0 saturated heterocycles. The molecule has 0 aromatic carbocycles. The standard InChI is InChI=1S/5C4H9O.V/c5*1-2-3-4-5;/h5*2-4H2,1H3;/q5*-1;+5. The first-order valence-corrected chi connectivity index (χ1v) is 9.98. The molecule has 0 aliphatic heterocycles. The first kappa shape index (κ1) is 40.9. The molecule has 0 rings (SSSR count). The summed E-state index contributed by atoms with van der Waals surface area (Å²) in [7, 11) is 0. The monoisotopic (exact) mass is 416 g/mol. The Morgan fingerprint density at radius 1 is 0.346 bits per heavy atom. The molecule has 0 N–H and O–H groups in total. The summed E-state index contributed by atoms with van der Waals surface area (Å²) in [6.07, 6.45) is 9.32. The van der Waals surface area contributed by atoms with Gasteiger partial charge in [-0.05, 0) is 0 Å². The van der Waals surface area contributed by atoms with Crippen LogP contribution >= 0.6 is 0 Å². The predicted molar refractivity (Wildman–Crippen MR) is 98.9 cm³/mol. The Hall–Kier alpha value is 0.384. The van der Waals surface area contributed by atoms with Crippen LogP contribution in [0.25, 0.3) is 0 Å². The van der Waals surface area contributed by atoms with Crippen molar-refractivity contribution in [3.63, 3.8) is 0 Å². The molecule has 6 heteroatoms. The van der Waals surface area contributed by atoms with Crippen molar-refractivity contribution in [2.24, 2.45) is 0 Å². The molecule has 0 aliphatic rings. The van der Waals surface area contributed by atoms with Crippen LogP contribution < -0.4 is 25.5 Å². The van der Waals surface area contributed by atoms with Crippen molar-refractivity contribution in [1.82, 2.24) is 0 Å². The van der Waals surface area contributed by atoms with Crippen LogP contribution in [0, 0.1) is 0 Å². The fourth-order valence-corrected chi connectivity index (χ4v) is 0.722. The summed E-state index contributed by atoms with van der Waals surface area (Å²) in [6.45, 7) is 10.5. The van der Waals surface area contributed by atoms with Gasteiger partial charge in [-0.2, -0.15) is 0 Å². The average Bonchev–Trinajstić information content (AvgIpc) is 2.61. The van der Waals surface area contributed by atoms with Crippen molar-refractivity contribution in [1.29, 1.82) is 0 Å². The van der Waals surface area contributed by atoms with Crippen molar-refractivity contribution < 1.29 is 44.1 Å². The van der Waals surface area contributed by atoms with Gasteiger partial charge < -0.3 is 25.5 Å². The molecule has 0 aromatic heterocycles. The summed E-state index contributed by atoms with van der Waals surface area (Å²) in [5.74, 6) is 0. The fourth-order valence-electron chi connectivity index (χ4n) is 0.722. The minimum atomic E-state index is 0. The largest absolute Gasteiger partial charge is 5.00 e. The molecule has 0 spiro atoms. The van der Waals surface area contributed by atoms with Crippen molar-refractivity contribution in [2.45, 2.75) is 98.8 Å². The quantitative estimate of drug-likeness (QED) is 0.521. The third-order valence-corrected chi connectivity index (χ3v) is 2.49. The van der Waals surface area contributed by atoms with Crippen molar-refractivity contribution >= 4 is 0 Å². The molecular formula is C20H45O5V. The first-order chi connectivity index (χ1) is 12.1. The van der Waals surface area contributed by atoms with E-state index in [1.807, 2.05) is 34.6 Å². The third kappa shape index (κ3) is 124. The SMILES string of the molecule is CCCC[O-].CCCC[O-].CCCC[O-].CCCC[O-].CCCC[O-].[V+5]. The van der Waals surface area contributed by atoms with Gasteiger partial charge >= 0.3 is 18.6 Å². The molecule has 0 bridgehead atoms. The molecular weight excluding hydrogens is 371 g/mol. The average molecular weight is 417 g/mol. The van der Waals surface area contributed by atoms with E-state index in [9.17, 15) is 25.5 Å². The molecule has 0 aromatic rings. The van der Waals surface area contributed by atoms with E-state index in [4.69, 9.17) is 0 Å². The molecule has 0 saturated carbocycles. The fraction of sp³-hybridized carbons (Fsp3) is 1.00. The van der Waals surface area contributed by atoms with Crippen molar-refractivity contribution in [2.75, 3.05) is 33.0 Å². The van der Waals surface area contributed by atoms with E-state index in [0.717, 1.165) is 64.2 Å². The van der Waals surface area contributed by atoms with Gasteiger partial charge in [-0.15, -0.1) is 33.0 Å². The van der Waals surface area contributed by atoms with E-state index < -0.39 is 0 Å². The Labute approximate surface area is 176 Å². The number of hydrogen-bond donors (Lipinski definition) is 0.